The number of hydrogen-bond acceptors (Lipinski definition) is 3. The molecule has 2 rings (SSSR count). The highest BCUT2D eigenvalue weighted by Gasteiger charge is 2.20. The van der Waals surface area contributed by atoms with Gasteiger partial charge in [0, 0.05) is 39.8 Å². The number of likely N-dealkylation sites (tertiary alicyclic amines) is 1. The van der Waals surface area contributed by atoms with Gasteiger partial charge in [-0.2, -0.15) is 11.3 Å². The number of piperidine rings is 1. The highest BCUT2D eigenvalue weighted by molar-refractivity contribution is 7.07. The van der Waals surface area contributed by atoms with Gasteiger partial charge in [0.2, 0.25) is 0 Å². The monoisotopic (exact) mass is 350 g/mol. The minimum absolute atomic E-state index is 0.695. The molecule has 0 aromatic carbocycles. The van der Waals surface area contributed by atoms with E-state index in [1.165, 1.54) is 38.0 Å². The Hall–Kier alpha value is -1.07. The Morgan fingerprint density at radius 3 is 3.00 bits per heavy atom. The van der Waals surface area contributed by atoms with Gasteiger partial charge in [-0.05, 0) is 60.5 Å². The molecular formula is C19H34N4S. The second-order valence-electron chi connectivity index (χ2n) is 7.34. The predicted octanol–water partition coefficient (Wildman–Crippen LogP) is 3.51. The molecule has 0 radical (unpaired) electrons. The maximum absolute atomic E-state index is 4.94. The summed E-state index contributed by atoms with van der Waals surface area (Å²) < 4.78 is 0. The van der Waals surface area contributed by atoms with E-state index in [0.29, 0.717) is 5.92 Å². The summed E-state index contributed by atoms with van der Waals surface area (Å²) in [5, 5.41) is 7.79. The summed E-state index contributed by atoms with van der Waals surface area (Å²) in [6, 6.07) is 2.19. The lowest BCUT2D eigenvalue weighted by Gasteiger charge is -2.33. The number of nitrogens with zero attached hydrogens (tertiary/aromatic N) is 3. The van der Waals surface area contributed by atoms with Crippen LogP contribution in [0.1, 0.15) is 39.2 Å². The summed E-state index contributed by atoms with van der Waals surface area (Å²) in [6.07, 6.45) is 2.62. The van der Waals surface area contributed by atoms with E-state index < -0.39 is 0 Å². The van der Waals surface area contributed by atoms with E-state index >= 15 is 0 Å². The molecule has 0 bridgehead atoms. The van der Waals surface area contributed by atoms with Crippen LogP contribution in [0.5, 0.6) is 0 Å². The van der Waals surface area contributed by atoms with Gasteiger partial charge >= 0.3 is 0 Å². The SMILES string of the molecule is CCNC(=NCC1CCCN(CC(C)C)C1)N(C)Cc1ccsc1. The van der Waals surface area contributed by atoms with E-state index in [1.807, 2.05) is 0 Å². The van der Waals surface area contributed by atoms with E-state index in [1.54, 1.807) is 11.3 Å². The molecule has 1 atom stereocenters. The van der Waals surface area contributed by atoms with Gasteiger partial charge < -0.3 is 15.1 Å². The van der Waals surface area contributed by atoms with Gasteiger partial charge in [-0.15, -0.1) is 0 Å². The van der Waals surface area contributed by atoms with Gasteiger partial charge in [0.15, 0.2) is 5.96 Å². The molecule has 1 fully saturated rings. The molecule has 1 saturated heterocycles. The van der Waals surface area contributed by atoms with Crippen molar-refractivity contribution in [1.29, 1.82) is 0 Å². The predicted molar refractivity (Wildman–Crippen MR) is 106 cm³/mol. The minimum atomic E-state index is 0.695. The second kappa shape index (κ2) is 10.0. The Bertz CT molecular complexity index is 484. The van der Waals surface area contributed by atoms with Crippen LogP contribution in [0, 0.1) is 11.8 Å². The summed E-state index contributed by atoms with van der Waals surface area (Å²) in [5.74, 6) is 2.48. The lowest BCUT2D eigenvalue weighted by Crippen LogP contribution is -2.41. The fourth-order valence-electron chi connectivity index (χ4n) is 3.40. The number of rotatable bonds is 7. The topological polar surface area (TPSA) is 30.9 Å². The molecule has 0 aliphatic carbocycles. The molecule has 1 aliphatic rings. The van der Waals surface area contributed by atoms with E-state index in [2.05, 4.69) is 59.8 Å². The number of nitrogens with one attached hydrogen (secondary N) is 1. The van der Waals surface area contributed by atoms with Crippen molar-refractivity contribution in [2.75, 3.05) is 39.8 Å². The third kappa shape index (κ3) is 6.44. The Kier molecular flexibility index (Phi) is 8.06. The third-order valence-corrected chi connectivity index (χ3v) is 5.15. The molecule has 1 unspecified atom stereocenters. The maximum atomic E-state index is 4.94. The normalized spacial score (nSPS) is 19.7. The summed E-state index contributed by atoms with van der Waals surface area (Å²) in [7, 11) is 2.13. The van der Waals surface area contributed by atoms with Crippen molar-refractivity contribution >= 4 is 17.3 Å². The quantitative estimate of drug-likeness (QED) is 0.603. The molecule has 1 aliphatic heterocycles. The third-order valence-electron chi connectivity index (χ3n) is 4.42. The number of hydrogen-bond donors (Lipinski definition) is 1. The van der Waals surface area contributed by atoms with Crippen LogP contribution in [0.2, 0.25) is 0 Å². The van der Waals surface area contributed by atoms with Crippen molar-refractivity contribution in [2.45, 2.75) is 40.2 Å². The van der Waals surface area contributed by atoms with Gasteiger partial charge in [0.05, 0.1) is 0 Å². The van der Waals surface area contributed by atoms with Crippen molar-refractivity contribution < 1.29 is 0 Å². The van der Waals surface area contributed by atoms with Gasteiger partial charge in [-0.3, -0.25) is 4.99 Å². The average molecular weight is 351 g/mol. The van der Waals surface area contributed by atoms with E-state index in [4.69, 9.17) is 4.99 Å². The zero-order valence-electron chi connectivity index (χ0n) is 15.8. The summed E-state index contributed by atoms with van der Waals surface area (Å²) in [6.45, 7) is 13.2. The molecule has 0 amide bonds. The maximum Gasteiger partial charge on any atom is 0.193 e. The zero-order valence-corrected chi connectivity index (χ0v) is 16.6. The van der Waals surface area contributed by atoms with Crippen LogP contribution < -0.4 is 5.32 Å². The van der Waals surface area contributed by atoms with Gasteiger partial charge in [-0.25, -0.2) is 0 Å². The molecule has 0 spiro atoms. The molecule has 5 heteroatoms. The van der Waals surface area contributed by atoms with Crippen LogP contribution in [0.25, 0.3) is 0 Å². The van der Waals surface area contributed by atoms with Crippen molar-refractivity contribution in [3.05, 3.63) is 22.4 Å². The number of thiophene rings is 1. The van der Waals surface area contributed by atoms with Crippen LogP contribution in [0.15, 0.2) is 21.8 Å². The minimum Gasteiger partial charge on any atom is -0.357 e. The highest BCUT2D eigenvalue weighted by Crippen LogP contribution is 2.18. The first-order valence-corrected chi connectivity index (χ1v) is 10.3. The lowest BCUT2D eigenvalue weighted by atomic mass is 9.97. The fraction of sp³-hybridized carbons (Fsp3) is 0.737. The first-order chi connectivity index (χ1) is 11.6. The average Bonchev–Trinajstić information content (AvgIpc) is 3.04. The highest BCUT2D eigenvalue weighted by atomic mass is 32.1. The largest absolute Gasteiger partial charge is 0.357 e. The Labute approximate surface area is 152 Å². The van der Waals surface area contributed by atoms with Crippen LogP contribution in [-0.4, -0.2) is 55.5 Å². The van der Waals surface area contributed by atoms with Crippen molar-refractivity contribution in [3.63, 3.8) is 0 Å². The molecule has 136 valence electrons. The molecule has 1 N–H and O–H groups in total. The lowest BCUT2D eigenvalue weighted by molar-refractivity contribution is 0.162. The van der Waals surface area contributed by atoms with E-state index in [9.17, 15) is 0 Å². The summed E-state index contributed by atoms with van der Waals surface area (Å²) in [5.41, 5.74) is 1.36. The Morgan fingerprint density at radius 2 is 2.33 bits per heavy atom. The van der Waals surface area contributed by atoms with E-state index in [0.717, 1.165) is 31.5 Å². The smallest absolute Gasteiger partial charge is 0.193 e. The van der Waals surface area contributed by atoms with Crippen molar-refractivity contribution in [1.82, 2.24) is 15.1 Å². The summed E-state index contributed by atoms with van der Waals surface area (Å²) >= 11 is 1.76. The van der Waals surface area contributed by atoms with Crippen molar-refractivity contribution in [3.8, 4) is 0 Å². The van der Waals surface area contributed by atoms with Crippen LogP contribution in [0.4, 0.5) is 0 Å². The van der Waals surface area contributed by atoms with Gasteiger partial charge in [0.25, 0.3) is 0 Å². The fourth-order valence-corrected chi connectivity index (χ4v) is 4.06. The summed E-state index contributed by atoms with van der Waals surface area (Å²) in [4.78, 5) is 9.80. The molecule has 1 aromatic heterocycles. The molecule has 24 heavy (non-hydrogen) atoms. The van der Waals surface area contributed by atoms with Crippen LogP contribution >= 0.6 is 11.3 Å². The molecule has 1 aromatic rings. The molecule has 2 heterocycles. The Morgan fingerprint density at radius 1 is 1.50 bits per heavy atom. The first kappa shape index (κ1) is 19.3. The standard InChI is InChI=1S/C19H34N4S/c1-5-20-19(22(4)13-18-8-10-24-15-18)21-11-17-7-6-9-23(14-17)12-16(2)3/h8,10,15-17H,5-7,9,11-14H2,1-4H3,(H,20,21). The molecule has 4 nitrogen and oxygen atoms in total. The van der Waals surface area contributed by atoms with Gasteiger partial charge in [0.1, 0.15) is 0 Å². The number of aliphatic imine (C=N–C) groups is 1. The van der Waals surface area contributed by atoms with Crippen LogP contribution in [0.3, 0.4) is 0 Å². The van der Waals surface area contributed by atoms with Crippen LogP contribution in [-0.2, 0) is 6.54 Å². The van der Waals surface area contributed by atoms with Gasteiger partial charge in [-0.1, -0.05) is 13.8 Å². The first-order valence-electron chi connectivity index (χ1n) is 9.31. The van der Waals surface area contributed by atoms with Crippen molar-refractivity contribution in [2.24, 2.45) is 16.8 Å². The Balaban J connectivity index is 1.89. The van der Waals surface area contributed by atoms with E-state index in [-0.39, 0.29) is 0 Å². The zero-order chi connectivity index (χ0) is 17.4. The second-order valence-corrected chi connectivity index (χ2v) is 8.12. The number of guanidine groups is 1. The molecule has 0 saturated carbocycles. The molecular weight excluding hydrogens is 316 g/mol.